The van der Waals surface area contributed by atoms with Gasteiger partial charge in [-0.3, -0.25) is 4.40 Å². The minimum atomic E-state index is 1.06. The quantitative estimate of drug-likeness (QED) is 0.475. The molecule has 2 heterocycles. The number of hydrogen-bond acceptors (Lipinski definition) is 2. The van der Waals surface area contributed by atoms with Crippen molar-refractivity contribution in [3.8, 4) is 11.3 Å². The molecule has 3 heteroatoms. The first kappa shape index (κ1) is 12.6. The van der Waals surface area contributed by atoms with Crippen LogP contribution in [-0.4, -0.2) is 9.38 Å². The molecular weight excluding hydrogens is 276 g/mol. The Morgan fingerprint density at radius 3 is 2.71 bits per heavy atom. The predicted molar refractivity (Wildman–Crippen MR) is 90.2 cm³/mol. The third-order valence-electron chi connectivity index (χ3n) is 3.99. The number of nitrogens with zero attached hydrogens (tertiary/aromatic N) is 2. The van der Waals surface area contributed by atoms with E-state index in [1.165, 1.54) is 32.5 Å². The average Bonchev–Trinajstić information content (AvgIpc) is 2.99. The zero-order valence-electron chi connectivity index (χ0n) is 12.3. The van der Waals surface area contributed by atoms with E-state index < -0.39 is 0 Å². The van der Waals surface area contributed by atoms with Gasteiger partial charge in [-0.25, -0.2) is 4.98 Å². The lowest BCUT2D eigenvalue weighted by Crippen LogP contribution is -1.85. The topological polar surface area (TPSA) is 17.3 Å². The van der Waals surface area contributed by atoms with E-state index in [4.69, 9.17) is 4.98 Å². The Bertz CT molecular complexity index is 976. The van der Waals surface area contributed by atoms with Gasteiger partial charge in [0.25, 0.3) is 0 Å². The van der Waals surface area contributed by atoms with Crippen molar-refractivity contribution in [1.82, 2.24) is 9.38 Å². The molecule has 0 aliphatic heterocycles. The number of rotatable bonds is 1. The van der Waals surface area contributed by atoms with Crippen molar-refractivity contribution in [2.45, 2.75) is 20.8 Å². The normalized spacial score (nSPS) is 11.6. The molecule has 0 aliphatic carbocycles. The monoisotopic (exact) mass is 292 g/mol. The van der Waals surface area contributed by atoms with Crippen LogP contribution in [0.25, 0.3) is 26.4 Å². The summed E-state index contributed by atoms with van der Waals surface area (Å²) >= 11 is 1.75. The van der Waals surface area contributed by atoms with Crippen LogP contribution in [0.15, 0.2) is 42.6 Å². The molecule has 0 N–H and O–H groups in total. The minimum Gasteiger partial charge on any atom is -0.289 e. The summed E-state index contributed by atoms with van der Waals surface area (Å²) in [5.74, 6) is 0. The lowest BCUT2D eigenvalue weighted by atomic mass is 10.0. The number of benzene rings is 2. The summed E-state index contributed by atoms with van der Waals surface area (Å²) in [7, 11) is 0. The van der Waals surface area contributed by atoms with Gasteiger partial charge in [0.05, 0.1) is 15.9 Å². The van der Waals surface area contributed by atoms with Crippen molar-refractivity contribution in [1.29, 1.82) is 0 Å². The van der Waals surface area contributed by atoms with Gasteiger partial charge in [0.2, 0.25) is 0 Å². The Morgan fingerprint density at radius 1 is 1.00 bits per heavy atom. The molecule has 4 rings (SSSR count). The first-order valence-electron chi connectivity index (χ1n) is 7.08. The van der Waals surface area contributed by atoms with E-state index in [2.05, 4.69) is 67.8 Å². The summed E-state index contributed by atoms with van der Waals surface area (Å²) in [5.41, 5.74) is 7.41. The maximum Gasteiger partial charge on any atom is 0.195 e. The van der Waals surface area contributed by atoms with Crippen molar-refractivity contribution in [3.05, 3.63) is 59.3 Å². The van der Waals surface area contributed by atoms with Gasteiger partial charge in [0.1, 0.15) is 0 Å². The van der Waals surface area contributed by atoms with Crippen molar-refractivity contribution in [2.75, 3.05) is 0 Å². The van der Waals surface area contributed by atoms with Crippen LogP contribution in [-0.2, 0) is 0 Å². The Balaban J connectivity index is 2.01. The molecule has 0 bridgehead atoms. The van der Waals surface area contributed by atoms with Crippen LogP contribution in [0.1, 0.15) is 16.7 Å². The van der Waals surface area contributed by atoms with E-state index >= 15 is 0 Å². The molecule has 0 radical (unpaired) electrons. The fourth-order valence-corrected chi connectivity index (χ4v) is 3.94. The molecule has 104 valence electrons. The number of aromatic nitrogens is 2. The van der Waals surface area contributed by atoms with Gasteiger partial charge < -0.3 is 0 Å². The van der Waals surface area contributed by atoms with Gasteiger partial charge in [0, 0.05) is 11.8 Å². The molecule has 0 unspecified atom stereocenters. The third kappa shape index (κ3) is 1.88. The summed E-state index contributed by atoms with van der Waals surface area (Å²) in [4.78, 5) is 5.91. The van der Waals surface area contributed by atoms with Gasteiger partial charge >= 0.3 is 0 Å². The Hall–Kier alpha value is -2.13. The largest absolute Gasteiger partial charge is 0.289 e. The maximum atomic E-state index is 4.84. The molecule has 0 spiro atoms. The summed E-state index contributed by atoms with van der Waals surface area (Å²) in [6.07, 6.45) is 2.17. The van der Waals surface area contributed by atoms with Gasteiger partial charge in [-0.1, -0.05) is 41.2 Å². The van der Waals surface area contributed by atoms with Gasteiger partial charge in [-0.15, -0.1) is 0 Å². The van der Waals surface area contributed by atoms with E-state index in [0.717, 1.165) is 10.7 Å². The van der Waals surface area contributed by atoms with E-state index in [-0.39, 0.29) is 0 Å². The van der Waals surface area contributed by atoms with E-state index in [1.807, 2.05) is 0 Å². The van der Waals surface area contributed by atoms with Crippen LogP contribution in [0.2, 0.25) is 0 Å². The van der Waals surface area contributed by atoms with Gasteiger partial charge in [-0.2, -0.15) is 0 Å². The molecular formula is C18H16N2S. The minimum absolute atomic E-state index is 1.06. The second-order valence-electron chi connectivity index (χ2n) is 5.62. The highest BCUT2D eigenvalue weighted by molar-refractivity contribution is 7.23. The molecule has 2 aromatic heterocycles. The van der Waals surface area contributed by atoms with Crippen LogP contribution < -0.4 is 0 Å². The van der Waals surface area contributed by atoms with Gasteiger partial charge in [0.15, 0.2) is 4.96 Å². The second kappa shape index (κ2) is 4.43. The maximum absolute atomic E-state index is 4.84. The average molecular weight is 292 g/mol. The number of fused-ring (bicyclic) bond motifs is 3. The number of imidazole rings is 1. The smallest absolute Gasteiger partial charge is 0.195 e. The van der Waals surface area contributed by atoms with E-state index in [0.29, 0.717) is 0 Å². The molecule has 0 fully saturated rings. The number of hydrogen-bond donors (Lipinski definition) is 0. The van der Waals surface area contributed by atoms with Crippen molar-refractivity contribution >= 4 is 26.5 Å². The first-order chi connectivity index (χ1) is 10.1. The van der Waals surface area contributed by atoms with Crippen LogP contribution in [0, 0.1) is 20.8 Å². The lowest BCUT2D eigenvalue weighted by Gasteiger charge is -2.03. The zero-order valence-corrected chi connectivity index (χ0v) is 13.2. The summed E-state index contributed by atoms with van der Waals surface area (Å²) in [6.45, 7) is 6.43. The molecule has 0 saturated heterocycles. The fraction of sp³-hybridized carbons (Fsp3) is 0.167. The summed E-state index contributed by atoms with van der Waals surface area (Å²) < 4.78 is 3.52. The molecule has 2 nitrogen and oxygen atoms in total. The molecule has 0 amide bonds. The molecule has 4 aromatic rings. The van der Waals surface area contributed by atoms with Crippen molar-refractivity contribution < 1.29 is 0 Å². The standard InChI is InChI=1S/C18H16N2S/c1-11-7-8-12(2)14(9-11)15-10-20-17-13(3)5-4-6-16(17)21-18(20)19-15/h4-10H,1-3H3. The Morgan fingerprint density at radius 2 is 1.86 bits per heavy atom. The first-order valence-corrected chi connectivity index (χ1v) is 7.90. The molecule has 0 atom stereocenters. The highest BCUT2D eigenvalue weighted by Crippen LogP contribution is 2.32. The Kier molecular flexibility index (Phi) is 2.66. The highest BCUT2D eigenvalue weighted by atomic mass is 32.1. The van der Waals surface area contributed by atoms with Crippen molar-refractivity contribution in [3.63, 3.8) is 0 Å². The third-order valence-corrected chi connectivity index (χ3v) is 5.01. The highest BCUT2D eigenvalue weighted by Gasteiger charge is 2.12. The van der Waals surface area contributed by atoms with E-state index in [9.17, 15) is 0 Å². The second-order valence-corrected chi connectivity index (χ2v) is 6.63. The van der Waals surface area contributed by atoms with Crippen LogP contribution >= 0.6 is 11.3 Å². The number of aryl methyl sites for hydroxylation is 3. The SMILES string of the molecule is Cc1ccc(C)c(-c2cn3c(n2)sc2cccc(C)c23)c1. The molecule has 2 aromatic carbocycles. The fourth-order valence-electron chi connectivity index (χ4n) is 2.86. The summed E-state index contributed by atoms with van der Waals surface area (Å²) in [5, 5.41) is 0. The molecule has 0 aliphatic rings. The van der Waals surface area contributed by atoms with Crippen LogP contribution in [0.4, 0.5) is 0 Å². The number of para-hydroxylation sites is 1. The predicted octanol–water partition coefficient (Wildman–Crippen LogP) is 5.14. The van der Waals surface area contributed by atoms with Crippen LogP contribution in [0.3, 0.4) is 0 Å². The Labute approximate surface area is 127 Å². The van der Waals surface area contributed by atoms with Crippen molar-refractivity contribution in [2.24, 2.45) is 0 Å². The molecule has 0 saturated carbocycles. The zero-order chi connectivity index (χ0) is 14.6. The van der Waals surface area contributed by atoms with E-state index in [1.54, 1.807) is 11.3 Å². The van der Waals surface area contributed by atoms with Gasteiger partial charge in [-0.05, 0) is 44.0 Å². The van der Waals surface area contributed by atoms with Crippen LogP contribution in [0.5, 0.6) is 0 Å². The number of thiazole rings is 1. The summed E-state index contributed by atoms with van der Waals surface area (Å²) in [6, 6.07) is 13.0. The molecule has 21 heavy (non-hydrogen) atoms. The lowest BCUT2D eigenvalue weighted by molar-refractivity contribution is 1.27.